The van der Waals surface area contributed by atoms with E-state index in [1.165, 1.54) is 12.1 Å². The maximum Gasteiger partial charge on any atom is 0.141 e. The van der Waals surface area contributed by atoms with Crippen LogP contribution in [-0.2, 0) is 5.88 Å². The summed E-state index contributed by atoms with van der Waals surface area (Å²) in [4.78, 5) is 0. The van der Waals surface area contributed by atoms with Gasteiger partial charge in [-0.3, -0.25) is 0 Å². The van der Waals surface area contributed by atoms with Crippen LogP contribution >= 0.6 is 11.6 Å². The molecule has 0 radical (unpaired) electrons. The van der Waals surface area contributed by atoms with E-state index in [-0.39, 0.29) is 11.4 Å². The van der Waals surface area contributed by atoms with Gasteiger partial charge in [-0.1, -0.05) is 6.07 Å². The molecule has 0 amide bonds. The van der Waals surface area contributed by atoms with Crippen molar-refractivity contribution in [2.75, 3.05) is 0 Å². The Kier molecular flexibility index (Phi) is 2.45. The van der Waals surface area contributed by atoms with Gasteiger partial charge in [0.25, 0.3) is 0 Å². The normalized spacial score (nSPS) is 9.18. The largest absolute Gasteiger partial charge is 0.206 e. The second kappa shape index (κ2) is 3.36. The van der Waals surface area contributed by atoms with Gasteiger partial charge in [-0.2, -0.15) is 5.26 Å². The highest BCUT2D eigenvalue weighted by Crippen LogP contribution is 2.10. The van der Waals surface area contributed by atoms with E-state index in [9.17, 15) is 4.39 Å². The summed E-state index contributed by atoms with van der Waals surface area (Å²) in [5.41, 5.74) is 0.738. The molecule has 1 nitrogen and oxygen atoms in total. The maximum atomic E-state index is 12.8. The highest BCUT2D eigenvalue weighted by molar-refractivity contribution is 6.17. The van der Waals surface area contributed by atoms with Gasteiger partial charge in [0.15, 0.2) is 0 Å². The molecule has 1 rings (SSSR count). The van der Waals surface area contributed by atoms with Crippen molar-refractivity contribution in [2.24, 2.45) is 0 Å². The SMILES string of the molecule is N#Cc1ccc(CCl)cc1F. The number of halogens is 2. The molecule has 0 fully saturated rings. The summed E-state index contributed by atoms with van der Waals surface area (Å²) in [5.74, 6) is -0.242. The summed E-state index contributed by atoms with van der Waals surface area (Å²) in [5, 5.41) is 8.36. The summed E-state index contributed by atoms with van der Waals surface area (Å²) in [6.45, 7) is 0. The average molecular weight is 170 g/mol. The third-order valence-electron chi connectivity index (χ3n) is 1.31. The van der Waals surface area contributed by atoms with Gasteiger partial charge in [-0.05, 0) is 17.7 Å². The van der Waals surface area contributed by atoms with E-state index in [2.05, 4.69) is 0 Å². The zero-order valence-electron chi connectivity index (χ0n) is 5.64. The van der Waals surface area contributed by atoms with E-state index in [1.54, 1.807) is 12.1 Å². The van der Waals surface area contributed by atoms with Crippen molar-refractivity contribution in [3.05, 3.63) is 35.1 Å². The molecule has 0 aliphatic rings. The fraction of sp³-hybridized carbons (Fsp3) is 0.125. The Morgan fingerprint density at radius 3 is 2.73 bits per heavy atom. The summed E-state index contributed by atoms with van der Waals surface area (Å²) in [6.07, 6.45) is 0. The van der Waals surface area contributed by atoms with Gasteiger partial charge in [0.1, 0.15) is 11.9 Å². The molecule has 1 aromatic carbocycles. The van der Waals surface area contributed by atoms with Crippen LogP contribution in [-0.4, -0.2) is 0 Å². The van der Waals surface area contributed by atoms with Crippen LogP contribution in [0.15, 0.2) is 18.2 Å². The Labute approximate surface area is 69.0 Å². The van der Waals surface area contributed by atoms with Crippen molar-refractivity contribution >= 4 is 11.6 Å². The molecule has 0 bridgehead atoms. The zero-order chi connectivity index (χ0) is 8.27. The molecule has 11 heavy (non-hydrogen) atoms. The van der Waals surface area contributed by atoms with Gasteiger partial charge in [-0.25, -0.2) is 4.39 Å². The van der Waals surface area contributed by atoms with Crippen molar-refractivity contribution in [3.8, 4) is 6.07 Å². The van der Waals surface area contributed by atoms with Crippen molar-refractivity contribution in [1.29, 1.82) is 5.26 Å². The van der Waals surface area contributed by atoms with E-state index in [4.69, 9.17) is 16.9 Å². The van der Waals surface area contributed by atoms with Crippen LogP contribution in [0.2, 0.25) is 0 Å². The van der Waals surface area contributed by atoms with Crippen molar-refractivity contribution in [3.63, 3.8) is 0 Å². The molecule has 1 aromatic rings. The van der Waals surface area contributed by atoms with E-state index in [0.717, 1.165) is 0 Å². The predicted molar refractivity (Wildman–Crippen MR) is 40.7 cm³/mol. The molecule has 0 aliphatic carbocycles. The minimum absolute atomic E-state index is 0.0545. The lowest BCUT2D eigenvalue weighted by Crippen LogP contribution is -1.85. The molecule has 3 heteroatoms. The van der Waals surface area contributed by atoms with Crippen LogP contribution in [0.4, 0.5) is 4.39 Å². The molecule has 0 saturated carbocycles. The zero-order valence-corrected chi connectivity index (χ0v) is 6.40. The number of alkyl halides is 1. The number of nitrogens with zero attached hydrogens (tertiary/aromatic N) is 1. The summed E-state index contributed by atoms with van der Waals surface area (Å²) in [6, 6.07) is 6.06. The first kappa shape index (κ1) is 8.03. The number of hydrogen-bond acceptors (Lipinski definition) is 1. The van der Waals surface area contributed by atoms with Gasteiger partial charge in [-0.15, -0.1) is 11.6 Å². The number of benzene rings is 1. The van der Waals surface area contributed by atoms with Gasteiger partial charge in [0, 0.05) is 5.88 Å². The predicted octanol–water partition coefficient (Wildman–Crippen LogP) is 2.44. The number of nitriles is 1. The van der Waals surface area contributed by atoms with Gasteiger partial charge in [0.2, 0.25) is 0 Å². The van der Waals surface area contributed by atoms with E-state index in [1.807, 2.05) is 0 Å². The average Bonchev–Trinajstić information content (AvgIpc) is 2.04. The standard InChI is InChI=1S/C8H5ClFN/c9-4-6-1-2-7(5-11)8(10)3-6/h1-3H,4H2. The first-order valence-electron chi connectivity index (χ1n) is 3.02. The Hall–Kier alpha value is -1.07. The third-order valence-corrected chi connectivity index (χ3v) is 1.62. The summed E-state index contributed by atoms with van der Waals surface area (Å²) < 4.78 is 12.8. The van der Waals surface area contributed by atoms with Crippen LogP contribution in [0.1, 0.15) is 11.1 Å². The smallest absolute Gasteiger partial charge is 0.141 e. The van der Waals surface area contributed by atoms with E-state index >= 15 is 0 Å². The highest BCUT2D eigenvalue weighted by atomic mass is 35.5. The second-order valence-electron chi connectivity index (χ2n) is 2.06. The lowest BCUT2D eigenvalue weighted by Gasteiger charge is -1.95. The molecule has 56 valence electrons. The number of hydrogen-bond donors (Lipinski definition) is 0. The number of rotatable bonds is 1. The molecule has 0 unspecified atom stereocenters. The lowest BCUT2D eigenvalue weighted by molar-refractivity contribution is 0.622. The Bertz CT molecular complexity index is 303. The first-order chi connectivity index (χ1) is 5.27. The van der Waals surface area contributed by atoms with Crippen LogP contribution in [0.5, 0.6) is 0 Å². The minimum atomic E-state index is -0.509. The quantitative estimate of drug-likeness (QED) is 0.593. The van der Waals surface area contributed by atoms with Crippen molar-refractivity contribution in [2.45, 2.75) is 5.88 Å². The minimum Gasteiger partial charge on any atom is -0.206 e. The molecular formula is C8H5ClFN. The van der Waals surface area contributed by atoms with Crippen LogP contribution < -0.4 is 0 Å². The molecular weight excluding hydrogens is 165 g/mol. The maximum absolute atomic E-state index is 12.8. The van der Waals surface area contributed by atoms with E-state index in [0.29, 0.717) is 5.56 Å². The van der Waals surface area contributed by atoms with Crippen molar-refractivity contribution < 1.29 is 4.39 Å². The van der Waals surface area contributed by atoms with E-state index < -0.39 is 5.82 Å². The topological polar surface area (TPSA) is 23.8 Å². The Balaban J connectivity index is 3.12. The Morgan fingerprint density at radius 2 is 2.27 bits per heavy atom. The molecule has 0 N–H and O–H groups in total. The lowest BCUT2D eigenvalue weighted by atomic mass is 10.1. The third kappa shape index (κ3) is 1.69. The fourth-order valence-corrected chi connectivity index (χ4v) is 0.899. The van der Waals surface area contributed by atoms with Crippen molar-refractivity contribution in [1.82, 2.24) is 0 Å². The molecule has 0 aliphatic heterocycles. The summed E-state index contributed by atoms with van der Waals surface area (Å²) >= 11 is 5.44. The molecule has 0 spiro atoms. The fourth-order valence-electron chi connectivity index (χ4n) is 0.732. The first-order valence-corrected chi connectivity index (χ1v) is 3.56. The molecule has 0 atom stereocenters. The highest BCUT2D eigenvalue weighted by Gasteiger charge is 2.00. The molecule has 0 saturated heterocycles. The van der Waals surface area contributed by atoms with Crippen LogP contribution in [0.25, 0.3) is 0 Å². The van der Waals surface area contributed by atoms with Gasteiger partial charge >= 0.3 is 0 Å². The molecule has 0 aromatic heterocycles. The summed E-state index contributed by atoms with van der Waals surface area (Å²) in [7, 11) is 0. The van der Waals surface area contributed by atoms with Gasteiger partial charge < -0.3 is 0 Å². The van der Waals surface area contributed by atoms with Crippen LogP contribution in [0, 0.1) is 17.1 Å². The molecule has 0 heterocycles. The second-order valence-corrected chi connectivity index (χ2v) is 2.33. The van der Waals surface area contributed by atoms with Gasteiger partial charge in [0.05, 0.1) is 5.56 Å². The van der Waals surface area contributed by atoms with Crippen LogP contribution in [0.3, 0.4) is 0 Å². The monoisotopic (exact) mass is 169 g/mol. The Morgan fingerprint density at radius 1 is 1.55 bits per heavy atom.